The van der Waals surface area contributed by atoms with Crippen LogP contribution in [-0.2, 0) is 13.5 Å². The van der Waals surface area contributed by atoms with Crippen LogP contribution in [0.3, 0.4) is 0 Å². The van der Waals surface area contributed by atoms with Gasteiger partial charge in [-0.2, -0.15) is 0 Å². The minimum atomic E-state index is 0. The van der Waals surface area contributed by atoms with Crippen molar-refractivity contribution in [2.24, 2.45) is 7.05 Å². The molecule has 2 aromatic rings. The molecule has 0 bridgehead atoms. The van der Waals surface area contributed by atoms with E-state index in [4.69, 9.17) is 11.6 Å². The Kier molecular flexibility index (Phi) is 6.33. The Morgan fingerprint density at radius 1 is 1.37 bits per heavy atom. The minimum Gasteiger partial charge on any atom is -0.305 e. The van der Waals surface area contributed by atoms with Crippen LogP contribution in [0.1, 0.15) is 5.56 Å². The van der Waals surface area contributed by atoms with Crippen molar-refractivity contribution in [1.29, 1.82) is 0 Å². The van der Waals surface area contributed by atoms with E-state index in [9.17, 15) is 4.79 Å². The van der Waals surface area contributed by atoms with Crippen LogP contribution in [0, 0.1) is 0 Å². The van der Waals surface area contributed by atoms with Crippen LogP contribution in [-0.4, -0.2) is 35.5 Å². The monoisotopic (exact) mass is 320 g/mol. The molecule has 0 atom stereocenters. The van der Waals surface area contributed by atoms with E-state index in [1.54, 1.807) is 4.57 Å². The lowest BCUT2D eigenvalue weighted by Gasteiger charge is -2.14. The molecule has 0 saturated heterocycles. The Hall–Kier alpha value is -0.550. The van der Waals surface area contributed by atoms with Crippen molar-refractivity contribution in [2.75, 3.05) is 26.0 Å². The molecular weight excluding hydrogens is 303 g/mol. The highest BCUT2D eigenvalue weighted by Gasteiger charge is 2.05. The molecule has 0 aliphatic heterocycles. The summed E-state index contributed by atoms with van der Waals surface area (Å²) in [5.41, 5.74) is 2.29. The van der Waals surface area contributed by atoms with Crippen molar-refractivity contribution in [3.63, 3.8) is 0 Å². The van der Waals surface area contributed by atoms with E-state index < -0.39 is 0 Å². The predicted octanol–water partition coefficient (Wildman–Crippen LogP) is 2.73. The molecule has 19 heavy (non-hydrogen) atoms. The summed E-state index contributed by atoms with van der Waals surface area (Å²) in [6.07, 6.45) is 0.985. The summed E-state index contributed by atoms with van der Waals surface area (Å²) in [4.78, 5) is 13.9. The highest BCUT2D eigenvalue weighted by atomic mass is 35.5. The Balaban J connectivity index is 0.00000180. The molecule has 0 saturated carbocycles. The molecule has 1 heterocycles. The second-order valence-corrected chi connectivity index (χ2v) is 5.84. The number of likely N-dealkylation sites (N-methyl/N-ethyl adjacent to an activating group) is 1. The number of benzene rings is 1. The summed E-state index contributed by atoms with van der Waals surface area (Å²) in [7, 11) is 3.89. The van der Waals surface area contributed by atoms with Gasteiger partial charge in [-0.25, -0.2) is 0 Å². The summed E-state index contributed by atoms with van der Waals surface area (Å²) >= 11 is 7.01. The molecule has 2 rings (SSSR count). The zero-order chi connectivity index (χ0) is 13.1. The topological polar surface area (TPSA) is 25.2 Å². The van der Waals surface area contributed by atoms with Crippen LogP contribution in [0.5, 0.6) is 0 Å². The van der Waals surface area contributed by atoms with Crippen molar-refractivity contribution in [3.8, 4) is 0 Å². The van der Waals surface area contributed by atoms with Crippen molar-refractivity contribution < 1.29 is 0 Å². The number of alkyl halides is 1. The Labute approximate surface area is 128 Å². The van der Waals surface area contributed by atoms with Crippen molar-refractivity contribution in [2.45, 2.75) is 6.42 Å². The lowest BCUT2D eigenvalue weighted by Crippen LogP contribution is -2.23. The van der Waals surface area contributed by atoms with Gasteiger partial charge in [-0.1, -0.05) is 17.4 Å². The first kappa shape index (κ1) is 16.5. The quantitative estimate of drug-likeness (QED) is 0.791. The fourth-order valence-electron chi connectivity index (χ4n) is 1.91. The van der Waals surface area contributed by atoms with Gasteiger partial charge in [0.1, 0.15) is 0 Å². The average molecular weight is 321 g/mol. The minimum absolute atomic E-state index is 0. The van der Waals surface area contributed by atoms with E-state index in [0.29, 0.717) is 5.88 Å². The van der Waals surface area contributed by atoms with Gasteiger partial charge in [-0.05, 0) is 31.2 Å². The highest BCUT2D eigenvalue weighted by Crippen LogP contribution is 2.18. The molecule has 0 spiro atoms. The van der Waals surface area contributed by atoms with Crippen molar-refractivity contribution >= 4 is 45.6 Å². The summed E-state index contributed by atoms with van der Waals surface area (Å²) in [6, 6.07) is 6.25. The highest BCUT2D eigenvalue weighted by molar-refractivity contribution is 7.16. The standard InChI is InChI=1S/C13H17ClN2OS.ClH/c1-15(8-6-14)7-5-10-3-4-11-12(9-10)18-13(17)16(11)2;/h3-4,9H,5-8H2,1-2H3;1H. The first-order chi connectivity index (χ1) is 8.61. The third-order valence-corrected chi connectivity index (χ3v) is 4.27. The number of halogens is 2. The summed E-state index contributed by atoms with van der Waals surface area (Å²) < 4.78 is 2.77. The number of hydrogen-bond donors (Lipinski definition) is 0. The maximum Gasteiger partial charge on any atom is 0.307 e. The van der Waals surface area contributed by atoms with Gasteiger partial charge in [0.15, 0.2) is 0 Å². The average Bonchev–Trinajstić information content (AvgIpc) is 2.63. The number of rotatable bonds is 5. The predicted molar refractivity (Wildman–Crippen MR) is 86.2 cm³/mol. The largest absolute Gasteiger partial charge is 0.307 e. The van der Waals surface area contributed by atoms with Gasteiger partial charge in [-0.15, -0.1) is 24.0 Å². The number of fused-ring (bicyclic) bond motifs is 1. The maximum atomic E-state index is 11.6. The number of hydrogen-bond acceptors (Lipinski definition) is 3. The summed E-state index contributed by atoms with van der Waals surface area (Å²) in [5.74, 6) is 0.663. The normalized spacial score (nSPS) is 10.9. The van der Waals surface area contributed by atoms with Crippen LogP contribution >= 0.6 is 35.3 Å². The van der Waals surface area contributed by atoms with Crippen molar-refractivity contribution in [1.82, 2.24) is 9.47 Å². The lowest BCUT2D eigenvalue weighted by atomic mass is 10.1. The van der Waals surface area contributed by atoms with Gasteiger partial charge < -0.3 is 9.47 Å². The lowest BCUT2D eigenvalue weighted by molar-refractivity contribution is 0.359. The molecule has 0 aliphatic carbocycles. The van der Waals surface area contributed by atoms with Crippen LogP contribution in [0.2, 0.25) is 0 Å². The van der Waals surface area contributed by atoms with E-state index in [0.717, 1.165) is 29.7 Å². The molecule has 1 aromatic heterocycles. The summed E-state index contributed by atoms with van der Waals surface area (Å²) in [6.45, 7) is 1.89. The Morgan fingerprint density at radius 3 is 2.79 bits per heavy atom. The molecule has 0 amide bonds. The molecule has 0 radical (unpaired) electrons. The number of thiazole rings is 1. The van der Waals surface area contributed by atoms with Gasteiger partial charge in [0.25, 0.3) is 0 Å². The molecule has 3 nitrogen and oxygen atoms in total. The molecule has 0 fully saturated rings. The van der Waals surface area contributed by atoms with Gasteiger partial charge in [-0.3, -0.25) is 4.79 Å². The number of aryl methyl sites for hydroxylation is 1. The smallest absolute Gasteiger partial charge is 0.305 e. The van der Waals surface area contributed by atoms with Gasteiger partial charge >= 0.3 is 4.87 Å². The first-order valence-corrected chi connectivity index (χ1v) is 7.30. The van der Waals surface area contributed by atoms with Crippen LogP contribution in [0.25, 0.3) is 10.2 Å². The summed E-state index contributed by atoms with van der Waals surface area (Å²) in [5, 5.41) is 0. The molecule has 0 N–H and O–H groups in total. The maximum absolute atomic E-state index is 11.6. The fraction of sp³-hybridized carbons (Fsp3) is 0.462. The van der Waals surface area contributed by atoms with E-state index in [2.05, 4.69) is 24.1 Å². The van der Waals surface area contributed by atoms with Crippen LogP contribution in [0.4, 0.5) is 0 Å². The van der Waals surface area contributed by atoms with Gasteiger partial charge in [0, 0.05) is 26.0 Å². The molecule has 0 aliphatic rings. The molecule has 106 valence electrons. The Morgan fingerprint density at radius 2 is 2.11 bits per heavy atom. The van der Waals surface area contributed by atoms with Gasteiger partial charge in [0.2, 0.25) is 0 Å². The number of nitrogens with zero attached hydrogens (tertiary/aromatic N) is 2. The third kappa shape index (κ3) is 3.96. The molecule has 0 unspecified atom stereocenters. The second-order valence-electron chi connectivity index (χ2n) is 4.47. The van der Waals surface area contributed by atoms with E-state index >= 15 is 0 Å². The first-order valence-electron chi connectivity index (χ1n) is 5.95. The third-order valence-electron chi connectivity index (χ3n) is 3.11. The van der Waals surface area contributed by atoms with Crippen molar-refractivity contribution in [3.05, 3.63) is 33.4 Å². The zero-order valence-corrected chi connectivity index (χ0v) is 13.4. The van der Waals surface area contributed by atoms with E-state index in [1.165, 1.54) is 16.9 Å². The second kappa shape index (κ2) is 7.29. The van der Waals surface area contributed by atoms with Crippen LogP contribution < -0.4 is 4.87 Å². The molecule has 6 heteroatoms. The molecular formula is C13H18Cl2N2OS. The fourth-order valence-corrected chi connectivity index (χ4v) is 3.14. The number of aromatic nitrogens is 1. The zero-order valence-electron chi connectivity index (χ0n) is 11.1. The Bertz CT molecular complexity index is 594. The SMILES string of the molecule is CN(CCCl)CCc1ccc2c(c1)sc(=O)n2C.Cl. The molecule has 1 aromatic carbocycles. The van der Waals surface area contributed by atoms with Crippen LogP contribution in [0.15, 0.2) is 23.0 Å². The van der Waals surface area contributed by atoms with Gasteiger partial charge in [0.05, 0.1) is 10.2 Å². The van der Waals surface area contributed by atoms with E-state index in [-0.39, 0.29) is 17.3 Å². The van der Waals surface area contributed by atoms with E-state index in [1.807, 2.05) is 13.1 Å².